The summed E-state index contributed by atoms with van der Waals surface area (Å²) in [6.45, 7) is 0.573. The van der Waals surface area contributed by atoms with Crippen LogP contribution in [0.3, 0.4) is 0 Å². The van der Waals surface area contributed by atoms with Crippen LogP contribution in [-0.4, -0.2) is 5.11 Å². The Morgan fingerprint density at radius 3 is 2.38 bits per heavy atom. The minimum absolute atomic E-state index is 0.353. The van der Waals surface area contributed by atoms with E-state index in [0.29, 0.717) is 6.61 Å². The highest BCUT2D eigenvalue weighted by molar-refractivity contribution is 5.29. The van der Waals surface area contributed by atoms with Gasteiger partial charge in [0, 0.05) is 0 Å². The van der Waals surface area contributed by atoms with Crippen LogP contribution >= 0.6 is 0 Å². The number of benzene rings is 2. The molecule has 2 aromatic rings. The van der Waals surface area contributed by atoms with Gasteiger partial charge in [-0.3, -0.25) is 0 Å². The summed E-state index contributed by atoms with van der Waals surface area (Å²) in [4.78, 5) is 0. The predicted molar refractivity (Wildman–Crippen MR) is 98.0 cm³/mol. The predicted octanol–water partition coefficient (Wildman–Crippen LogP) is 5.66. The summed E-state index contributed by atoms with van der Waals surface area (Å²) in [6.07, 6.45) is 8.46. The summed E-state index contributed by atoms with van der Waals surface area (Å²) in [7, 11) is 0. The van der Waals surface area contributed by atoms with Crippen LogP contribution < -0.4 is 4.74 Å². The Morgan fingerprint density at radius 1 is 0.917 bits per heavy atom. The number of ether oxygens (including phenoxy) is 1. The smallest absolute Gasteiger partial charge is 0.119 e. The van der Waals surface area contributed by atoms with Crippen molar-refractivity contribution in [2.24, 2.45) is 5.92 Å². The van der Waals surface area contributed by atoms with Crippen LogP contribution in [-0.2, 0) is 6.61 Å². The highest BCUT2D eigenvalue weighted by Crippen LogP contribution is 2.34. The van der Waals surface area contributed by atoms with E-state index in [2.05, 4.69) is 12.1 Å². The summed E-state index contributed by atoms with van der Waals surface area (Å²) in [6, 6.07) is 18.0. The molecule has 0 aromatic heterocycles. The van der Waals surface area contributed by atoms with Gasteiger partial charge in [-0.15, -0.1) is 0 Å². The van der Waals surface area contributed by atoms with E-state index in [1.807, 2.05) is 42.5 Å². The first-order chi connectivity index (χ1) is 11.8. The van der Waals surface area contributed by atoms with Crippen LogP contribution in [0.4, 0.5) is 0 Å². The average Bonchev–Trinajstić information content (AvgIpc) is 3.45. The van der Waals surface area contributed by atoms with Crippen molar-refractivity contribution in [2.75, 3.05) is 0 Å². The average molecular weight is 324 g/mol. The molecule has 2 aromatic carbocycles. The van der Waals surface area contributed by atoms with Gasteiger partial charge >= 0.3 is 0 Å². The Labute approximate surface area is 145 Å². The second kappa shape index (κ2) is 8.89. The monoisotopic (exact) mass is 324 g/mol. The minimum Gasteiger partial charge on any atom is -0.489 e. The summed E-state index contributed by atoms with van der Waals surface area (Å²) in [5.41, 5.74) is 2.15. The first-order valence-corrected chi connectivity index (χ1v) is 9.26. The van der Waals surface area contributed by atoms with Gasteiger partial charge in [0.2, 0.25) is 0 Å². The molecule has 1 saturated carbocycles. The quantitative estimate of drug-likeness (QED) is 0.571. The Hall–Kier alpha value is -1.80. The van der Waals surface area contributed by atoms with Crippen molar-refractivity contribution in [3.8, 4) is 5.75 Å². The summed E-state index contributed by atoms with van der Waals surface area (Å²) < 4.78 is 5.79. The molecule has 2 heteroatoms. The summed E-state index contributed by atoms with van der Waals surface area (Å²) in [5, 5.41) is 10.3. The number of aliphatic hydroxyl groups excluding tert-OH is 1. The third-order valence-electron chi connectivity index (χ3n) is 4.80. The maximum Gasteiger partial charge on any atom is 0.119 e. The van der Waals surface area contributed by atoms with E-state index >= 15 is 0 Å². The molecule has 3 rings (SSSR count). The third kappa shape index (κ3) is 5.68. The van der Waals surface area contributed by atoms with Crippen LogP contribution in [0, 0.1) is 5.92 Å². The van der Waals surface area contributed by atoms with Gasteiger partial charge in [-0.25, -0.2) is 0 Å². The molecule has 128 valence electrons. The molecule has 0 heterocycles. The van der Waals surface area contributed by atoms with Gasteiger partial charge < -0.3 is 9.84 Å². The number of aliphatic hydroxyl groups is 1. The van der Waals surface area contributed by atoms with Gasteiger partial charge in [-0.1, -0.05) is 81.0 Å². The lowest BCUT2D eigenvalue weighted by molar-refractivity contribution is 0.163. The number of rotatable bonds is 10. The molecule has 2 nitrogen and oxygen atoms in total. The van der Waals surface area contributed by atoms with E-state index in [0.717, 1.165) is 35.6 Å². The molecule has 24 heavy (non-hydrogen) atoms. The van der Waals surface area contributed by atoms with Crippen LogP contribution in [0.5, 0.6) is 5.75 Å². The Balaban J connectivity index is 1.38. The lowest BCUT2D eigenvalue weighted by atomic mass is 10.0. The molecule has 0 bridgehead atoms. The van der Waals surface area contributed by atoms with Gasteiger partial charge in [-0.2, -0.15) is 0 Å². The molecule has 1 N–H and O–H groups in total. The fourth-order valence-electron chi connectivity index (χ4n) is 3.05. The maximum absolute atomic E-state index is 10.3. The van der Waals surface area contributed by atoms with Crippen molar-refractivity contribution in [3.05, 3.63) is 65.7 Å². The number of hydrogen-bond donors (Lipinski definition) is 1. The molecule has 0 saturated heterocycles. The van der Waals surface area contributed by atoms with E-state index in [9.17, 15) is 5.11 Å². The second-order valence-electron chi connectivity index (χ2n) is 6.94. The first kappa shape index (κ1) is 17.0. The summed E-state index contributed by atoms with van der Waals surface area (Å²) in [5.74, 6) is 1.87. The maximum atomic E-state index is 10.3. The molecule has 0 aliphatic heterocycles. The molecular weight excluding hydrogens is 296 g/mol. The Morgan fingerprint density at radius 2 is 1.67 bits per heavy atom. The van der Waals surface area contributed by atoms with E-state index in [4.69, 9.17) is 4.74 Å². The molecule has 1 atom stereocenters. The Bertz CT molecular complexity index is 587. The van der Waals surface area contributed by atoms with Crippen LogP contribution in [0.2, 0.25) is 0 Å². The topological polar surface area (TPSA) is 29.5 Å². The highest BCUT2D eigenvalue weighted by Gasteiger charge is 2.20. The van der Waals surface area contributed by atoms with Crippen molar-refractivity contribution in [1.82, 2.24) is 0 Å². The van der Waals surface area contributed by atoms with Crippen molar-refractivity contribution in [1.29, 1.82) is 0 Å². The molecular formula is C22H28O2. The molecule has 1 fully saturated rings. The van der Waals surface area contributed by atoms with E-state index in [1.165, 1.54) is 32.1 Å². The summed E-state index contributed by atoms with van der Waals surface area (Å²) >= 11 is 0. The molecule has 0 amide bonds. The van der Waals surface area contributed by atoms with Crippen molar-refractivity contribution >= 4 is 0 Å². The van der Waals surface area contributed by atoms with Gasteiger partial charge in [0.05, 0.1) is 6.10 Å². The molecule has 1 aliphatic carbocycles. The number of unbranched alkanes of at least 4 members (excludes halogenated alkanes) is 2. The fourth-order valence-corrected chi connectivity index (χ4v) is 3.05. The lowest BCUT2D eigenvalue weighted by Crippen LogP contribution is -1.99. The molecule has 0 radical (unpaired) electrons. The van der Waals surface area contributed by atoms with Gasteiger partial charge in [0.1, 0.15) is 12.4 Å². The molecule has 1 aliphatic rings. The van der Waals surface area contributed by atoms with Crippen molar-refractivity contribution in [3.63, 3.8) is 0 Å². The normalized spacial score (nSPS) is 15.2. The van der Waals surface area contributed by atoms with E-state index in [1.54, 1.807) is 0 Å². The minimum atomic E-state index is -0.353. The second-order valence-corrected chi connectivity index (χ2v) is 6.94. The Kier molecular flexibility index (Phi) is 6.31. The van der Waals surface area contributed by atoms with E-state index in [-0.39, 0.29) is 6.10 Å². The zero-order valence-electron chi connectivity index (χ0n) is 14.4. The van der Waals surface area contributed by atoms with Gasteiger partial charge in [0.25, 0.3) is 0 Å². The van der Waals surface area contributed by atoms with Crippen molar-refractivity contribution < 1.29 is 9.84 Å². The first-order valence-electron chi connectivity index (χ1n) is 9.26. The standard InChI is InChI=1S/C22H28O2/c23-22(10-6-2-3-7-18-11-12-18)20-13-15-21(16-14-20)24-17-19-8-4-1-5-9-19/h1,4-5,8-9,13-16,18,22-23H,2-3,6-7,10-12,17H2. The highest BCUT2D eigenvalue weighted by atomic mass is 16.5. The lowest BCUT2D eigenvalue weighted by Gasteiger charge is -2.12. The fraction of sp³-hybridized carbons (Fsp3) is 0.455. The van der Waals surface area contributed by atoms with Crippen LogP contribution in [0.25, 0.3) is 0 Å². The molecule has 1 unspecified atom stereocenters. The van der Waals surface area contributed by atoms with Gasteiger partial charge in [0.15, 0.2) is 0 Å². The number of hydrogen-bond acceptors (Lipinski definition) is 2. The largest absolute Gasteiger partial charge is 0.489 e. The molecule has 0 spiro atoms. The third-order valence-corrected chi connectivity index (χ3v) is 4.80. The zero-order valence-corrected chi connectivity index (χ0v) is 14.4. The van der Waals surface area contributed by atoms with Crippen LogP contribution in [0.15, 0.2) is 54.6 Å². The zero-order chi connectivity index (χ0) is 16.6. The SMILES string of the molecule is OC(CCCCCC1CC1)c1ccc(OCc2ccccc2)cc1. The van der Waals surface area contributed by atoms with Crippen LogP contribution in [0.1, 0.15) is 62.2 Å². The van der Waals surface area contributed by atoms with Crippen molar-refractivity contribution in [2.45, 2.75) is 57.7 Å². The van der Waals surface area contributed by atoms with E-state index < -0.39 is 0 Å². The van der Waals surface area contributed by atoms with Gasteiger partial charge in [-0.05, 0) is 35.6 Å².